The molecule has 0 aromatic rings. The van der Waals surface area contributed by atoms with Gasteiger partial charge in [-0.25, -0.2) is 8.96 Å². The Hall–Kier alpha value is -1.68. The Morgan fingerprint density at radius 3 is 2.44 bits per heavy atom. The van der Waals surface area contributed by atoms with Gasteiger partial charge in [-0.05, 0) is 45.3 Å². The third kappa shape index (κ3) is 8.03. The minimum Gasteiger partial charge on any atom is -0.462 e. The van der Waals surface area contributed by atoms with Crippen LogP contribution in [0.1, 0.15) is 41.5 Å². The summed E-state index contributed by atoms with van der Waals surface area (Å²) in [6.45, 7) is 7.74. The number of nitrogens with one attached hydrogen (secondary N) is 1. The molecule has 1 saturated heterocycles. The fourth-order valence-corrected chi connectivity index (χ4v) is 4.03. The number of ketones is 1. The molecule has 0 aromatic carbocycles. The first-order valence-electron chi connectivity index (χ1n) is 9.68. The standard InChI is InChI=1S/C18H28FN2O9P2/c1-10(2)28-16(24)12(4)20-32(26)27-9-14-15(30-31-25)18(6,19)17(29-14)21(13(5)23)8-7-11(3)22/h7-8,10,12,14-15,17H,9H2,1-6H3,(H,20,26)/q+1/b8-7-/t12-,14+,15+,17+,18+/m0/s1. The molecule has 180 valence electrons. The van der Waals surface area contributed by atoms with Gasteiger partial charge in [0, 0.05) is 13.1 Å². The van der Waals surface area contributed by atoms with Crippen molar-refractivity contribution < 1.29 is 46.4 Å². The van der Waals surface area contributed by atoms with Crippen LogP contribution >= 0.6 is 16.9 Å². The molecule has 1 amide bonds. The number of ether oxygens (including phenoxy) is 2. The van der Waals surface area contributed by atoms with Crippen LogP contribution in [0.25, 0.3) is 0 Å². The van der Waals surface area contributed by atoms with E-state index in [0.29, 0.717) is 0 Å². The zero-order chi connectivity index (χ0) is 24.6. The summed E-state index contributed by atoms with van der Waals surface area (Å²) in [5.74, 6) is -1.64. The van der Waals surface area contributed by atoms with Gasteiger partial charge in [0.25, 0.3) is 0 Å². The second kappa shape index (κ2) is 12.5. The summed E-state index contributed by atoms with van der Waals surface area (Å²) in [5, 5.41) is 2.41. The van der Waals surface area contributed by atoms with Crippen molar-refractivity contribution in [2.75, 3.05) is 6.61 Å². The lowest BCUT2D eigenvalue weighted by atomic mass is 9.98. The molecule has 0 aromatic heterocycles. The van der Waals surface area contributed by atoms with Gasteiger partial charge in [-0.2, -0.15) is 0 Å². The molecule has 1 aliphatic heterocycles. The highest BCUT2D eigenvalue weighted by Gasteiger charge is 2.59. The monoisotopic (exact) mass is 497 g/mol. The molecule has 1 N–H and O–H groups in total. The van der Waals surface area contributed by atoms with Crippen LogP contribution in [0.3, 0.4) is 0 Å². The Bertz CT molecular complexity index is 763. The minimum atomic E-state index is -2.59. The Balaban J connectivity index is 2.92. The summed E-state index contributed by atoms with van der Waals surface area (Å²) in [5.41, 5.74) is -2.37. The number of alkyl halides is 1. The number of carbonyl (C=O) groups is 3. The van der Waals surface area contributed by atoms with E-state index in [1.54, 1.807) is 13.8 Å². The van der Waals surface area contributed by atoms with Gasteiger partial charge in [-0.3, -0.25) is 23.8 Å². The van der Waals surface area contributed by atoms with Crippen LogP contribution in [0.15, 0.2) is 12.3 Å². The van der Waals surface area contributed by atoms with Gasteiger partial charge in [-0.15, -0.1) is 4.52 Å². The molecule has 11 nitrogen and oxygen atoms in total. The average Bonchev–Trinajstić information content (AvgIpc) is 2.90. The van der Waals surface area contributed by atoms with Crippen molar-refractivity contribution >= 4 is 34.5 Å². The SMILES string of the molecule is CC(=O)/C=C\N(C(C)=O)[C@@H]1O[C@H](CO[P+](=O)N[C@@H](C)C(=O)OC(C)C)[C@@H](OP=O)[C@@]1(C)F. The van der Waals surface area contributed by atoms with Gasteiger partial charge < -0.3 is 9.47 Å². The van der Waals surface area contributed by atoms with Crippen LogP contribution < -0.4 is 5.09 Å². The van der Waals surface area contributed by atoms with E-state index >= 15 is 4.39 Å². The summed E-state index contributed by atoms with van der Waals surface area (Å²) in [6, 6.07) is -0.943. The first-order valence-corrected chi connectivity index (χ1v) is 11.6. The number of amides is 1. The normalized spacial score (nSPS) is 27.0. The van der Waals surface area contributed by atoms with E-state index < -0.39 is 65.5 Å². The Morgan fingerprint density at radius 1 is 1.31 bits per heavy atom. The topological polar surface area (TPSA) is 138 Å². The van der Waals surface area contributed by atoms with Gasteiger partial charge >= 0.3 is 22.8 Å². The lowest BCUT2D eigenvalue weighted by Gasteiger charge is -2.31. The van der Waals surface area contributed by atoms with Crippen LogP contribution in [0.2, 0.25) is 0 Å². The molecule has 0 saturated carbocycles. The van der Waals surface area contributed by atoms with Crippen molar-refractivity contribution in [3.8, 4) is 0 Å². The summed E-state index contributed by atoms with van der Waals surface area (Å²) >= 11 is 0. The molecule has 6 atom stereocenters. The highest BCUT2D eigenvalue weighted by molar-refractivity contribution is 7.36. The summed E-state index contributed by atoms with van der Waals surface area (Å²) < 4.78 is 59.4. The lowest BCUT2D eigenvalue weighted by Crippen LogP contribution is -2.50. The Kier molecular flexibility index (Phi) is 11.1. The average molecular weight is 497 g/mol. The van der Waals surface area contributed by atoms with Crippen molar-refractivity contribution in [1.82, 2.24) is 9.99 Å². The van der Waals surface area contributed by atoms with Crippen molar-refractivity contribution in [1.29, 1.82) is 0 Å². The molecular formula is C18H28FN2O9P2+. The molecule has 0 radical (unpaired) electrons. The minimum absolute atomic E-state index is 0.359. The van der Waals surface area contributed by atoms with E-state index in [9.17, 15) is 23.5 Å². The van der Waals surface area contributed by atoms with Crippen molar-refractivity contribution in [2.24, 2.45) is 0 Å². The largest absolute Gasteiger partial charge is 0.613 e. The fraction of sp³-hybridized carbons (Fsp3) is 0.722. The van der Waals surface area contributed by atoms with E-state index in [4.69, 9.17) is 18.5 Å². The molecule has 0 aliphatic carbocycles. The maximum absolute atomic E-state index is 15.6. The quantitative estimate of drug-likeness (QED) is 0.243. The summed E-state index contributed by atoms with van der Waals surface area (Å²) in [4.78, 5) is 35.9. The third-order valence-corrected chi connectivity index (χ3v) is 5.58. The molecule has 1 unspecified atom stereocenters. The molecule has 1 aliphatic rings. The van der Waals surface area contributed by atoms with E-state index in [-0.39, 0.29) is 11.9 Å². The zero-order valence-corrected chi connectivity index (χ0v) is 20.4. The van der Waals surface area contributed by atoms with Crippen LogP contribution in [-0.4, -0.2) is 65.4 Å². The lowest BCUT2D eigenvalue weighted by molar-refractivity contribution is -0.149. The molecule has 0 bridgehead atoms. The van der Waals surface area contributed by atoms with Crippen LogP contribution in [0.4, 0.5) is 4.39 Å². The highest BCUT2D eigenvalue weighted by atomic mass is 31.1. The maximum atomic E-state index is 15.6. The zero-order valence-electron chi connectivity index (χ0n) is 18.6. The first kappa shape index (κ1) is 28.4. The van der Waals surface area contributed by atoms with E-state index in [1.807, 2.05) is 0 Å². The van der Waals surface area contributed by atoms with Gasteiger partial charge in [0.15, 0.2) is 17.7 Å². The smallest absolute Gasteiger partial charge is 0.462 e. The van der Waals surface area contributed by atoms with Crippen LogP contribution in [-0.2, 0) is 42.0 Å². The number of allylic oxidation sites excluding steroid dienone is 1. The molecule has 32 heavy (non-hydrogen) atoms. The molecule has 1 fully saturated rings. The number of esters is 1. The van der Waals surface area contributed by atoms with E-state index in [0.717, 1.165) is 31.0 Å². The van der Waals surface area contributed by atoms with E-state index in [1.165, 1.54) is 13.8 Å². The molecule has 14 heteroatoms. The molecular weight excluding hydrogens is 469 g/mol. The first-order chi connectivity index (χ1) is 14.8. The Labute approximate surface area is 188 Å². The number of rotatable bonds is 12. The fourth-order valence-electron chi connectivity index (χ4n) is 2.81. The summed E-state index contributed by atoms with van der Waals surface area (Å²) in [7, 11) is -3.44. The number of hydrogen-bond donors (Lipinski definition) is 1. The van der Waals surface area contributed by atoms with E-state index in [2.05, 4.69) is 5.09 Å². The Morgan fingerprint density at radius 2 is 1.94 bits per heavy atom. The second-order valence-corrected chi connectivity index (χ2v) is 8.91. The molecule has 0 spiro atoms. The maximum Gasteiger partial charge on any atom is 0.613 e. The number of halogens is 1. The molecule has 1 rings (SSSR count). The number of hydrogen-bond acceptors (Lipinski definition) is 9. The highest BCUT2D eigenvalue weighted by Crippen LogP contribution is 2.41. The van der Waals surface area contributed by atoms with Gasteiger partial charge in [0.1, 0.15) is 24.9 Å². The molecule has 1 heterocycles. The summed E-state index contributed by atoms with van der Waals surface area (Å²) in [6.07, 6.45) is -2.45. The van der Waals surface area contributed by atoms with Gasteiger partial charge in [0.2, 0.25) is 5.91 Å². The number of nitrogens with zero attached hydrogens (tertiary/aromatic N) is 1. The predicted molar refractivity (Wildman–Crippen MR) is 110 cm³/mol. The number of carbonyl (C=O) groups excluding carboxylic acids is 3. The predicted octanol–water partition coefficient (Wildman–Crippen LogP) is 2.59. The van der Waals surface area contributed by atoms with Crippen LogP contribution in [0.5, 0.6) is 0 Å². The van der Waals surface area contributed by atoms with Gasteiger partial charge in [-0.1, -0.05) is 5.09 Å². The van der Waals surface area contributed by atoms with Crippen molar-refractivity contribution in [3.63, 3.8) is 0 Å². The van der Waals surface area contributed by atoms with Gasteiger partial charge in [0.05, 0.1) is 6.10 Å². The van der Waals surface area contributed by atoms with Crippen LogP contribution in [0, 0.1) is 0 Å². The van der Waals surface area contributed by atoms with Crippen molar-refractivity contribution in [3.05, 3.63) is 12.3 Å². The third-order valence-electron chi connectivity index (χ3n) is 4.28. The van der Waals surface area contributed by atoms with Crippen molar-refractivity contribution in [2.45, 2.75) is 77.8 Å². The second-order valence-electron chi connectivity index (χ2n) is 7.52.